The van der Waals surface area contributed by atoms with Gasteiger partial charge >= 0.3 is 0 Å². The number of methoxy groups -OCH3 is 1. The molecule has 106 valence electrons. The normalized spacial score (nSPS) is 13.8. The fourth-order valence-electron chi connectivity index (χ4n) is 2.22. The number of aliphatic hydroxyl groups excluding tert-OH is 1. The van der Waals surface area contributed by atoms with Gasteiger partial charge < -0.3 is 15.6 Å². The minimum atomic E-state index is -0.656. The average molecular weight is 336 g/mol. The number of hydrogen-bond donors (Lipinski definition) is 2. The molecule has 0 saturated carbocycles. The second kappa shape index (κ2) is 6.88. The topological polar surface area (TPSA) is 55.5 Å². The van der Waals surface area contributed by atoms with Gasteiger partial charge in [-0.1, -0.05) is 40.2 Å². The third-order valence-corrected chi connectivity index (χ3v) is 3.90. The summed E-state index contributed by atoms with van der Waals surface area (Å²) in [6.07, 6.45) is -0.656. The van der Waals surface area contributed by atoms with E-state index in [1.54, 1.807) is 7.11 Å². The molecule has 0 aliphatic carbocycles. The van der Waals surface area contributed by atoms with Crippen LogP contribution in [0, 0.1) is 0 Å². The summed E-state index contributed by atoms with van der Waals surface area (Å²) in [4.78, 5) is 0. The Hall–Kier alpha value is -1.36. The summed E-state index contributed by atoms with van der Waals surface area (Å²) in [7, 11) is 1.61. The first-order chi connectivity index (χ1) is 9.65. The van der Waals surface area contributed by atoms with Crippen LogP contribution in [0.3, 0.4) is 0 Å². The molecule has 0 amide bonds. The molecule has 0 spiro atoms. The van der Waals surface area contributed by atoms with Crippen LogP contribution >= 0.6 is 15.9 Å². The van der Waals surface area contributed by atoms with Crippen molar-refractivity contribution in [2.24, 2.45) is 5.73 Å². The zero-order chi connectivity index (χ0) is 14.5. The molecule has 3 nitrogen and oxygen atoms in total. The number of benzene rings is 2. The third-order valence-electron chi connectivity index (χ3n) is 3.37. The summed E-state index contributed by atoms with van der Waals surface area (Å²) in [5.41, 5.74) is 7.68. The van der Waals surface area contributed by atoms with E-state index in [4.69, 9.17) is 10.5 Å². The van der Waals surface area contributed by atoms with Crippen LogP contribution in [0.2, 0.25) is 0 Å². The number of halogens is 1. The summed E-state index contributed by atoms with van der Waals surface area (Å²) >= 11 is 3.41. The van der Waals surface area contributed by atoms with Gasteiger partial charge in [-0.05, 0) is 35.4 Å². The van der Waals surface area contributed by atoms with E-state index < -0.39 is 6.10 Å². The van der Waals surface area contributed by atoms with Crippen LogP contribution in [-0.4, -0.2) is 18.8 Å². The van der Waals surface area contributed by atoms with Gasteiger partial charge in [-0.3, -0.25) is 0 Å². The summed E-state index contributed by atoms with van der Waals surface area (Å²) in [5.74, 6) is 0.586. The van der Waals surface area contributed by atoms with E-state index in [-0.39, 0.29) is 5.92 Å². The van der Waals surface area contributed by atoms with Crippen LogP contribution in [0.25, 0.3) is 0 Å². The maximum absolute atomic E-state index is 10.6. The number of rotatable bonds is 5. The Bertz CT molecular complexity index is 557. The third kappa shape index (κ3) is 3.39. The lowest BCUT2D eigenvalue weighted by Gasteiger charge is -2.22. The SMILES string of the molecule is COc1cccc(C(O)C(CN)c2ccc(Br)cc2)c1. The fourth-order valence-corrected chi connectivity index (χ4v) is 2.48. The molecule has 2 atom stereocenters. The molecule has 2 rings (SSSR count). The highest BCUT2D eigenvalue weighted by Crippen LogP contribution is 2.32. The first-order valence-corrected chi connectivity index (χ1v) is 7.22. The molecule has 0 aliphatic heterocycles. The lowest BCUT2D eigenvalue weighted by atomic mass is 9.89. The predicted molar refractivity (Wildman–Crippen MR) is 83.9 cm³/mol. The molecule has 4 heteroatoms. The maximum Gasteiger partial charge on any atom is 0.119 e. The number of aliphatic hydroxyl groups is 1. The van der Waals surface area contributed by atoms with E-state index in [1.807, 2.05) is 48.5 Å². The molecule has 2 unspecified atom stereocenters. The monoisotopic (exact) mass is 335 g/mol. The van der Waals surface area contributed by atoms with E-state index in [0.717, 1.165) is 21.3 Å². The van der Waals surface area contributed by atoms with Crippen molar-refractivity contribution in [3.63, 3.8) is 0 Å². The van der Waals surface area contributed by atoms with Gasteiger partial charge in [0.2, 0.25) is 0 Å². The van der Waals surface area contributed by atoms with Gasteiger partial charge in [0.1, 0.15) is 5.75 Å². The average Bonchev–Trinajstić information content (AvgIpc) is 2.50. The summed E-state index contributed by atoms with van der Waals surface area (Å²) in [6.45, 7) is 0.375. The van der Waals surface area contributed by atoms with Gasteiger partial charge in [0.25, 0.3) is 0 Å². The van der Waals surface area contributed by atoms with E-state index in [0.29, 0.717) is 6.54 Å². The van der Waals surface area contributed by atoms with Crippen LogP contribution in [0.4, 0.5) is 0 Å². The molecular formula is C16H18BrNO2. The molecule has 0 heterocycles. The Morgan fingerprint density at radius 2 is 1.85 bits per heavy atom. The van der Waals surface area contributed by atoms with Gasteiger partial charge in [0, 0.05) is 16.9 Å². The molecule has 0 radical (unpaired) electrons. The Kier molecular flexibility index (Phi) is 5.17. The second-order valence-corrected chi connectivity index (χ2v) is 5.53. The molecule has 3 N–H and O–H groups in total. The van der Waals surface area contributed by atoms with E-state index in [1.165, 1.54) is 0 Å². The highest BCUT2D eigenvalue weighted by molar-refractivity contribution is 9.10. The Morgan fingerprint density at radius 3 is 2.45 bits per heavy atom. The van der Waals surface area contributed by atoms with Crippen molar-refractivity contribution in [1.82, 2.24) is 0 Å². The van der Waals surface area contributed by atoms with Gasteiger partial charge in [-0.2, -0.15) is 0 Å². The van der Waals surface area contributed by atoms with Crippen molar-refractivity contribution in [2.45, 2.75) is 12.0 Å². The van der Waals surface area contributed by atoms with Crippen LogP contribution in [0.5, 0.6) is 5.75 Å². The minimum Gasteiger partial charge on any atom is -0.497 e. The smallest absolute Gasteiger partial charge is 0.119 e. The van der Waals surface area contributed by atoms with Crippen molar-refractivity contribution in [2.75, 3.05) is 13.7 Å². The lowest BCUT2D eigenvalue weighted by Crippen LogP contribution is -2.20. The highest BCUT2D eigenvalue weighted by atomic mass is 79.9. The maximum atomic E-state index is 10.6. The summed E-state index contributed by atoms with van der Waals surface area (Å²) < 4.78 is 6.20. The second-order valence-electron chi connectivity index (χ2n) is 4.62. The summed E-state index contributed by atoms with van der Waals surface area (Å²) in [6, 6.07) is 15.3. The molecule has 2 aromatic rings. The van der Waals surface area contributed by atoms with Crippen molar-refractivity contribution in [3.05, 3.63) is 64.1 Å². The van der Waals surface area contributed by atoms with Crippen LogP contribution in [0.1, 0.15) is 23.1 Å². The van der Waals surface area contributed by atoms with E-state index in [2.05, 4.69) is 15.9 Å². The highest BCUT2D eigenvalue weighted by Gasteiger charge is 2.21. The van der Waals surface area contributed by atoms with Crippen LogP contribution in [0.15, 0.2) is 53.0 Å². The Labute approximate surface area is 127 Å². The van der Waals surface area contributed by atoms with Gasteiger partial charge in [0.05, 0.1) is 13.2 Å². The van der Waals surface area contributed by atoms with Gasteiger partial charge in [0.15, 0.2) is 0 Å². The largest absolute Gasteiger partial charge is 0.497 e. The molecule has 2 aromatic carbocycles. The van der Waals surface area contributed by atoms with Crippen LogP contribution in [-0.2, 0) is 0 Å². The number of nitrogens with two attached hydrogens (primary N) is 1. The molecule has 0 aromatic heterocycles. The van der Waals surface area contributed by atoms with Crippen molar-refractivity contribution in [3.8, 4) is 5.75 Å². The van der Waals surface area contributed by atoms with Crippen LogP contribution < -0.4 is 10.5 Å². The zero-order valence-electron chi connectivity index (χ0n) is 11.3. The molecular weight excluding hydrogens is 318 g/mol. The van der Waals surface area contributed by atoms with Crippen molar-refractivity contribution < 1.29 is 9.84 Å². The van der Waals surface area contributed by atoms with E-state index in [9.17, 15) is 5.11 Å². The lowest BCUT2D eigenvalue weighted by molar-refractivity contribution is 0.147. The van der Waals surface area contributed by atoms with Crippen molar-refractivity contribution in [1.29, 1.82) is 0 Å². The Balaban J connectivity index is 2.28. The fraction of sp³-hybridized carbons (Fsp3) is 0.250. The molecule has 20 heavy (non-hydrogen) atoms. The molecule has 0 aliphatic rings. The van der Waals surface area contributed by atoms with Gasteiger partial charge in [-0.15, -0.1) is 0 Å². The minimum absolute atomic E-state index is 0.143. The first kappa shape index (κ1) is 15.0. The quantitative estimate of drug-likeness (QED) is 0.881. The molecule has 0 saturated heterocycles. The van der Waals surface area contributed by atoms with Gasteiger partial charge in [-0.25, -0.2) is 0 Å². The first-order valence-electron chi connectivity index (χ1n) is 6.43. The molecule has 0 bridgehead atoms. The Morgan fingerprint density at radius 1 is 1.15 bits per heavy atom. The summed E-state index contributed by atoms with van der Waals surface area (Å²) in [5, 5.41) is 10.6. The predicted octanol–water partition coefficient (Wildman–Crippen LogP) is 3.23. The number of ether oxygens (including phenoxy) is 1. The van der Waals surface area contributed by atoms with Crippen molar-refractivity contribution >= 4 is 15.9 Å². The molecule has 0 fully saturated rings. The standard InChI is InChI=1S/C16H18BrNO2/c1-20-14-4-2-3-12(9-14)16(19)15(10-18)11-5-7-13(17)8-6-11/h2-9,15-16,19H,10,18H2,1H3. The zero-order valence-corrected chi connectivity index (χ0v) is 12.9. The number of hydrogen-bond acceptors (Lipinski definition) is 3. The van der Waals surface area contributed by atoms with E-state index >= 15 is 0 Å².